The topological polar surface area (TPSA) is 48.0 Å². The molecule has 0 radical (unpaired) electrons. The van der Waals surface area contributed by atoms with Crippen molar-refractivity contribution in [3.05, 3.63) is 87.7 Å². The molecule has 0 fully saturated rings. The van der Waals surface area contributed by atoms with Gasteiger partial charge in [-0.1, -0.05) is 17.7 Å². The zero-order valence-electron chi connectivity index (χ0n) is 18.0. The van der Waals surface area contributed by atoms with E-state index in [0.717, 1.165) is 11.1 Å². The summed E-state index contributed by atoms with van der Waals surface area (Å²) in [5.41, 5.74) is 2.44. The number of halogens is 2. The highest BCUT2D eigenvalue weighted by Gasteiger charge is 2.36. The van der Waals surface area contributed by atoms with Crippen molar-refractivity contribution in [1.29, 1.82) is 0 Å². The minimum Gasteiger partial charge on any atom is -0.497 e. The third-order valence-electron chi connectivity index (χ3n) is 5.74. The highest BCUT2D eigenvalue weighted by atomic mass is 35.5. The summed E-state index contributed by atoms with van der Waals surface area (Å²) in [5.74, 6) is 1.04. The molecule has 0 spiro atoms. The monoisotopic (exact) mass is 455 g/mol. The van der Waals surface area contributed by atoms with Crippen LogP contribution in [0.1, 0.15) is 33.1 Å². The third-order valence-corrected chi connectivity index (χ3v) is 6.07. The Morgan fingerprint density at radius 3 is 2.31 bits per heavy atom. The number of hydrogen-bond donors (Lipinski definition) is 0. The highest BCUT2D eigenvalue weighted by Crippen LogP contribution is 2.44. The number of hydrogen-bond acceptors (Lipinski definition) is 4. The van der Waals surface area contributed by atoms with Gasteiger partial charge in [-0.05, 0) is 66.1 Å². The lowest BCUT2D eigenvalue weighted by Crippen LogP contribution is -2.41. The van der Waals surface area contributed by atoms with E-state index in [4.69, 9.17) is 25.8 Å². The maximum atomic E-state index is 15.1. The molecule has 0 aromatic heterocycles. The Balaban J connectivity index is 1.88. The first-order chi connectivity index (χ1) is 15.5. The molecule has 0 bridgehead atoms. The minimum absolute atomic E-state index is 0.225. The summed E-state index contributed by atoms with van der Waals surface area (Å²) in [5, 5.41) is 0.255. The molecule has 1 atom stereocenters. The first-order valence-corrected chi connectivity index (χ1v) is 10.5. The number of rotatable bonds is 5. The van der Waals surface area contributed by atoms with E-state index in [2.05, 4.69) is 0 Å². The van der Waals surface area contributed by atoms with Crippen LogP contribution in [0.3, 0.4) is 0 Å². The Labute approximate surface area is 191 Å². The van der Waals surface area contributed by atoms with E-state index in [1.54, 1.807) is 68.7 Å². The number of fused-ring (bicyclic) bond motifs is 1. The first kappa shape index (κ1) is 22.0. The zero-order chi connectivity index (χ0) is 22.8. The van der Waals surface area contributed by atoms with Crippen molar-refractivity contribution in [2.45, 2.75) is 12.5 Å². The van der Waals surface area contributed by atoms with Crippen molar-refractivity contribution in [1.82, 2.24) is 4.90 Å². The van der Waals surface area contributed by atoms with Crippen LogP contribution in [-0.4, -0.2) is 38.7 Å². The van der Waals surface area contributed by atoms with E-state index in [1.807, 2.05) is 6.07 Å². The van der Waals surface area contributed by atoms with Crippen LogP contribution in [0.15, 0.2) is 54.6 Å². The van der Waals surface area contributed by atoms with Crippen LogP contribution in [0.5, 0.6) is 17.2 Å². The summed E-state index contributed by atoms with van der Waals surface area (Å²) in [4.78, 5) is 15.2. The lowest BCUT2D eigenvalue weighted by Gasteiger charge is -2.38. The largest absolute Gasteiger partial charge is 0.497 e. The van der Waals surface area contributed by atoms with Gasteiger partial charge in [-0.2, -0.15) is 0 Å². The summed E-state index contributed by atoms with van der Waals surface area (Å²) < 4.78 is 31.2. The van der Waals surface area contributed by atoms with Gasteiger partial charge in [-0.25, -0.2) is 4.39 Å². The van der Waals surface area contributed by atoms with Crippen LogP contribution < -0.4 is 14.2 Å². The Morgan fingerprint density at radius 2 is 1.69 bits per heavy atom. The molecule has 3 aromatic rings. The molecule has 0 unspecified atom stereocenters. The number of carbonyl (C=O) groups excluding carboxylic acids is 1. The second-order valence-corrected chi connectivity index (χ2v) is 7.83. The molecule has 1 heterocycles. The molecule has 5 nitrogen and oxygen atoms in total. The lowest BCUT2D eigenvalue weighted by molar-refractivity contribution is 0.0691. The van der Waals surface area contributed by atoms with Gasteiger partial charge in [0.25, 0.3) is 5.91 Å². The van der Waals surface area contributed by atoms with E-state index >= 15 is 4.39 Å². The molecule has 3 aromatic carbocycles. The molecular weight excluding hydrogens is 433 g/mol. The fourth-order valence-corrected chi connectivity index (χ4v) is 4.41. The second kappa shape index (κ2) is 9.09. The highest BCUT2D eigenvalue weighted by molar-refractivity contribution is 6.31. The minimum atomic E-state index is -0.721. The molecule has 0 aliphatic carbocycles. The van der Waals surface area contributed by atoms with Gasteiger partial charge in [0.2, 0.25) is 0 Å². The number of ether oxygens (including phenoxy) is 3. The second-order valence-electron chi connectivity index (χ2n) is 7.42. The molecule has 0 saturated heterocycles. The first-order valence-electron chi connectivity index (χ1n) is 10.1. The zero-order valence-corrected chi connectivity index (χ0v) is 18.8. The normalized spacial score (nSPS) is 15.2. The van der Waals surface area contributed by atoms with Crippen LogP contribution >= 0.6 is 11.6 Å². The molecule has 1 amide bonds. The van der Waals surface area contributed by atoms with Gasteiger partial charge in [0.05, 0.1) is 27.4 Å². The third kappa shape index (κ3) is 3.86. The predicted octanol–water partition coefficient (Wildman–Crippen LogP) is 5.29. The molecule has 1 aliphatic heterocycles. The smallest absolute Gasteiger partial charge is 0.254 e. The average molecular weight is 456 g/mol. The lowest BCUT2D eigenvalue weighted by atomic mass is 9.87. The van der Waals surface area contributed by atoms with Crippen molar-refractivity contribution in [3.63, 3.8) is 0 Å². The number of carbonyl (C=O) groups is 1. The van der Waals surface area contributed by atoms with E-state index in [0.29, 0.717) is 35.8 Å². The van der Waals surface area contributed by atoms with Crippen molar-refractivity contribution in [2.75, 3.05) is 27.9 Å². The van der Waals surface area contributed by atoms with E-state index in [9.17, 15) is 4.79 Å². The van der Waals surface area contributed by atoms with Crippen LogP contribution in [0, 0.1) is 5.82 Å². The molecular formula is C25H23ClFNO4. The molecule has 32 heavy (non-hydrogen) atoms. The summed E-state index contributed by atoms with van der Waals surface area (Å²) >= 11 is 6.47. The van der Waals surface area contributed by atoms with Crippen LogP contribution in [-0.2, 0) is 6.42 Å². The summed E-state index contributed by atoms with van der Waals surface area (Å²) in [6.45, 7) is 0.392. The maximum absolute atomic E-state index is 15.1. The SMILES string of the molecule is COc1ccc(C(=O)N2CCc3cc(OC)c(OC)cc3[C@@H]2c2c(F)cccc2Cl)cc1. The van der Waals surface area contributed by atoms with Crippen molar-refractivity contribution in [3.8, 4) is 17.2 Å². The van der Waals surface area contributed by atoms with Gasteiger partial charge >= 0.3 is 0 Å². The Bertz CT molecular complexity index is 1130. The average Bonchev–Trinajstić information content (AvgIpc) is 2.82. The Hall–Kier alpha value is -3.25. The summed E-state index contributed by atoms with van der Waals surface area (Å²) in [7, 11) is 4.67. The van der Waals surface area contributed by atoms with Gasteiger partial charge in [-0.15, -0.1) is 0 Å². The molecule has 0 saturated carbocycles. The molecule has 4 rings (SSSR count). The van der Waals surface area contributed by atoms with E-state index < -0.39 is 11.9 Å². The Kier molecular flexibility index (Phi) is 6.24. The fourth-order valence-electron chi connectivity index (χ4n) is 4.15. The maximum Gasteiger partial charge on any atom is 0.254 e. The number of methoxy groups -OCH3 is 3. The quantitative estimate of drug-likeness (QED) is 0.524. The summed E-state index contributed by atoms with van der Waals surface area (Å²) in [6, 6.07) is 14.3. The molecule has 7 heteroatoms. The van der Waals surface area contributed by atoms with Crippen molar-refractivity contribution >= 4 is 17.5 Å². The molecule has 0 N–H and O–H groups in total. The summed E-state index contributed by atoms with van der Waals surface area (Å²) in [6.07, 6.45) is 0.583. The van der Waals surface area contributed by atoms with Crippen molar-refractivity contribution in [2.24, 2.45) is 0 Å². The Morgan fingerprint density at radius 1 is 1.00 bits per heavy atom. The van der Waals surface area contributed by atoms with E-state index in [1.165, 1.54) is 6.07 Å². The standard InChI is InChI=1S/C25H23ClFNO4/c1-30-17-9-7-15(8-10-17)25(29)28-12-11-16-13-21(31-2)22(32-3)14-18(16)24(28)23-19(26)5-4-6-20(23)27/h4-10,13-14,24H,11-12H2,1-3H3/t24-/m1/s1. The van der Waals surface area contributed by atoms with Gasteiger partial charge in [0.15, 0.2) is 11.5 Å². The van der Waals surface area contributed by atoms with Crippen LogP contribution in [0.4, 0.5) is 4.39 Å². The van der Waals surface area contributed by atoms with Gasteiger partial charge in [0, 0.05) is 22.7 Å². The van der Waals surface area contributed by atoms with Gasteiger partial charge in [-0.3, -0.25) is 4.79 Å². The molecule has 166 valence electrons. The molecule has 1 aliphatic rings. The van der Waals surface area contributed by atoms with Crippen LogP contribution in [0.25, 0.3) is 0 Å². The number of benzene rings is 3. The van der Waals surface area contributed by atoms with Crippen molar-refractivity contribution < 1.29 is 23.4 Å². The van der Waals surface area contributed by atoms with Gasteiger partial charge in [0.1, 0.15) is 11.6 Å². The predicted molar refractivity (Wildman–Crippen MR) is 121 cm³/mol. The van der Waals surface area contributed by atoms with Gasteiger partial charge < -0.3 is 19.1 Å². The number of nitrogens with zero attached hydrogens (tertiary/aromatic N) is 1. The van der Waals surface area contributed by atoms with E-state index in [-0.39, 0.29) is 16.5 Å². The fraction of sp³-hybridized carbons (Fsp3) is 0.240. The van der Waals surface area contributed by atoms with Crippen LogP contribution in [0.2, 0.25) is 5.02 Å². The number of amides is 1.